The molecule has 132 valence electrons. The molecule has 4 rings (SSSR count). The van der Waals surface area contributed by atoms with Crippen molar-refractivity contribution >= 4 is 22.9 Å². The van der Waals surface area contributed by atoms with Crippen LogP contribution >= 0.6 is 11.3 Å². The van der Waals surface area contributed by atoms with E-state index in [0.29, 0.717) is 6.54 Å². The van der Waals surface area contributed by atoms with Crippen molar-refractivity contribution < 1.29 is 9.53 Å². The Balaban J connectivity index is 1.68. The van der Waals surface area contributed by atoms with E-state index in [0.717, 1.165) is 46.1 Å². The summed E-state index contributed by atoms with van der Waals surface area (Å²) in [7, 11) is 0. The summed E-state index contributed by atoms with van der Waals surface area (Å²) in [4.78, 5) is 19.0. The Morgan fingerprint density at radius 2 is 2.04 bits per heavy atom. The van der Waals surface area contributed by atoms with Crippen LogP contribution in [0.3, 0.4) is 0 Å². The number of carbonyl (C=O) groups is 1. The van der Waals surface area contributed by atoms with Gasteiger partial charge in [0.1, 0.15) is 5.75 Å². The van der Waals surface area contributed by atoms with Crippen LogP contribution in [-0.4, -0.2) is 17.5 Å². The fraction of sp³-hybridized carbons (Fsp3) is 0.238. The first-order chi connectivity index (χ1) is 12.7. The van der Waals surface area contributed by atoms with Gasteiger partial charge < -0.3 is 9.64 Å². The Labute approximate surface area is 157 Å². The second-order valence-electron chi connectivity index (χ2n) is 6.31. The zero-order chi connectivity index (χ0) is 17.9. The van der Waals surface area contributed by atoms with Gasteiger partial charge in [-0.2, -0.15) is 0 Å². The van der Waals surface area contributed by atoms with Crippen molar-refractivity contribution in [3.05, 3.63) is 64.5 Å². The van der Waals surface area contributed by atoms with Crippen LogP contribution < -0.4 is 9.64 Å². The lowest BCUT2D eigenvalue weighted by Crippen LogP contribution is -2.38. The molecule has 0 radical (unpaired) electrons. The van der Waals surface area contributed by atoms with Crippen LogP contribution in [-0.2, 0) is 17.8 Å². The van der Waals surface area contributed by atoms with E-state index in [9.17, 15) is 4.79 Å². The van der Waals surface area contributed by atoms with Gasteiger partial charge in [-0.05, 0) is 36.6 Å². The summed E-state index contributed by atoms with van der Waals surface area (Å²) in [6.45, 7) is 2.78. The number of ether oxygens (including phenoxy) is 1. The van der Waals surface area contributed by atoms with Crippen molar-refractivity contribution in [1.29, 1.82) is 0 Å². The summed E-state index contributed by atoms with van der Waals surface area (Å²) in [5.74, 6) is 0.719. The molecule has 2 heterocycles. The minimum atomic E-state index is -0.0246. The van der Waals surface area contributed by atoms with Gasteiger partial charge in [-0.1, -0.05) is 37.3 Å². The third-order valence-corrected chi connectivity index (χ3v) is 5.31. The molecule has 0 bridgehead atoms. The maximum Gasteiger partial charge on any atom is 0.265 e. The fourth-order valence-electron chi connectivity index (χ4n) is 3.07. The van der Waals surface area contributed by atoms with Gasteiger partial charge in [0.15, 0.2) is 6.61 Å². The average Bonchev–Trinajstić information content (AvgIpc) is 3.14. The van der Waals surface area contributed by atoms with E-state index in [1.54, 1.807) is 16.2 Å². The van der Waals surface area contributed by atoms with Crippen molar-refractivity contribution in [2.24, 2.45) is 0 Å². The van der Waals surface area contributed by atoms with Crippen molar-refractivity contribution in [3.63, 3.8) is 0 Å². The van der Waals surface area contributed by atoms with Gasteiger partial charge in [-0.3, -0.25) is 4.79 Å². The lowest BCUT2D eigenvalue weighted by atomic mass is 10.1. The molecule has 0 unspecified atom stereocenters. The zero-order valence-corrected chi connectivity index (χ0v) is 15.5. The van der Waals surface area contributed by atoms with Gasteiger partial charge >= 0.3 is 0 Å². The maximum absolute atomic E-state index is 12.5. The summed E-state index contributed by atoms with van der Waals surface area (Å²) in [6, 6.07) is 16.0. The van der Waals surface area contributed by atoms with E-state index in [-0.39, 0.29) is 12.5 Å². The van der Waals surface area contributed by atoms with Gasteiger partial charge in [-0.25, -0.2) is 4.98 Å². The van der Waals surface area contributed by atoms with Gasteiger partial charge in [0.2, 0.25) is 0 Å². The van der Waals surface area contributed by atoms with Gasteiger partial charge in [0, 0.05) is 10.9 Å². The van der Waals surface area contributed by atoms with Crippen molar-refractivity contribution in [3.8, 4) is 17.0 Å². The van der Waals surface area contributed by atoms with E-state index in [1.807, 2.05) is 48.5 Å². The van der Waals surface area contributed by atoms with Crippen LogP contribution in [0, 0.1) is 0 Å². The van der Waals surface area contributed by atoms with E-state index in [4.69, 9.17) is 9.72 Å². The second kappa shape index (κ2) is 7.30. The molecule has 0 N–H and O–H groups in total. The maximum atomic E-state index is 12.5. The minimum Gasteiger partial charge on any atom is -0.482 e. The van der Waals surface area contributed by atoms with E-state index in [2.05, 4.69) is 12.3 Å². The quantitative estimate of drug-likeness (QED) is 0.660. The van der Waals surface area contributed by atoms with Crippen LogP contribution in [0.15, 0.2) is 53.9 Å². The number of hydrogen-bond donors (Lipinski definition) is 0. The highest BCUT2D eigenvalue weighted by molar-refractivity contribution is 7.09. The third-order valence-electron chi connectivity index (χ3n) is 4.40. The van der Waals surface area contributed by atoms with Gasteiger partial charge in [0.05, 0.1) is 22.9 Å². The molecule has 0 aliphatic carbocycles. The Morgan fingerprint density at radius 1 is 1.19 bits per heavy atom. The molecule has 5 heteroatoms. The number of carbonyl (C=O) groups excluding carboxylic acids is 1. The number of thiazole rings is 1. The predicted octanol–water partition coefficient (Wildman–Crippen LogP) is 4.69. The fourth-order valence-corrected chi connectivity index (χ4v) is 3.98. The molecule has 2 aromatic carbocycles. The second-order valence-corrected chi connectivity index (χ2v) is 7.26. The highest BCUT2D eigenvalue weighted by Crippen LogP contribution is 2.37. The van der Waals surface area contributed by atoms with Crippen LogP contribution in [0.1, 0.15) is 23.9 Å². The van der Waals surface area contributed by atoms with Gasteiger partial charge in [-0.15, -0.1) is 11.3 Å². The zero-order valence-electron chi connectivity index (χ0n) is 14.6. The standard InChI is InChI=1S/C21H20N2O2S/c1-2-6-20-22-17(14-26-20)16-9-10-19-18(11-16)23(21(24)13-25-19)12-15-7-4-3-5-8-15/h3-5,7-11,14H,2,6,12-13H2,1H3. The molecular formula is C21H20N2O2S. The number of fused-ring (bicyclic) bond motifs is 1. The number of benzene rings is 2. The topological polar surface area (TPSA) is 42.4 Å². The monoisotopic (exact) mass is 364 g/mol. The SMILES string of the molecule is CCCc1nc(-c2ccc3c(c2)N(Cc2ccccc2)C(=O)CO3)cs1. The molecule has 3 aromatic rings. The molecule has 0 saturated heterocycles. The summed E-state index contributed by atoms with van der Waals surface area (Å²) < 4.78 is 5.63. The Kier molecular flexibility index (Phi) is 4.71. The summed E-state index contributed by atoms with van der Waals surface area (Å²) in [5, 5.41) is 3.23. The normalized spacial score (nSPS) is 13.4. The molecule has 1 aliphatic rings. The molecule has 26 heavy (non-hydrogen) atoms. The van der Waals surface area contributed by atoms with Crippen molar-refractivity contribution in [2.45, 2.75) is 26.3 Å². The van der Waals surface area contributed by atoms with Crippen molar-refractivity contribution in [2.75, 3.05) is 11.5 Å². The van der Waals surface area contributed by atoms with E-state index in [1.165, 1.54) is 0 Å². The highest BCUT2D eigenvalue weighted by Gasteiger charge is 2.26. The number of aromatic nitrogens is 1. The third kappa shape index (κ3) is 3.35. The first-order valence-corrected chi connectivity index (χ1v) is 9.68. The summed E-state index contributed by atoms with van der Waals surface area (Å²) >= 11 is 1.69. The first-order valence-electron chi connectivity index (χ1n) is 8.80. The van der Waals surface area contributed by atoms with Crippen molar-refractivity contribution in [1.82, 2.24) is 4.98 Å². The highest BCUT2D eigenvalue weighted by atomic mass is 32.1. The molecule has 1 aromatic heterocycles. The van der Waals surface area contributed by atoms with Crippen LogP contribution in [0.25, 0.3) is 11.3 Å². The van der Waals surface area contributed by atoms with E-state index >= 15 is 0 Å². The van der Waals surface area contributed by atoms with Crippen LogP contribution in [0.4, 0.5) is 5.69 Å². The average molecular weight is 364 g/mol. The Morgan fingerprint density at radius 3 is 2.85 bits per heavy atom. The smallest absolute Gasteiger partial charge is 0.265 e. The molecule has 1 amide bonds. The molecule has 0 atom stereocenters. The molecule has 1 aliphatic heterocycles. The van der Waals surface area contributed by atoms with Crippen LogP contribution in [0.2, 0.25) is 0 Å². The Hall–Kier alpha value is -2.66. The number of rotatable bonds is 5. The lowest BCUT2D eigenvalue weighted by Gasteiger charge is -2.29. The lowest BCUT2D eigenvalue weighted by molar-refractivity contribution is -0.121. The molecule has 4 nitrogen and oxygen atoms in total. The number of aryl methyl sites for hydroxylation is 1. The summed E-state index contributed by atoms with van der Waals surface area (Å²) in [5.41, 5.74) is 3.88. The number of hydrogen-bond acceptors (Lipinski definition) is 4. The molecule has 0 saturated carbocycles. The van der Waals surface area contributed by atoms with E-state index < -0.39 is 0 Å². The largest absolute Gasteiger partial charge is 0.482 e. The number of amides is 1. The number of anilines is 1. The first kappa shape index (κ1) is 16.8. The summed E-state index contributed by atoms with van der Waals surface area (Å²) in [6.07, 6.45) is 2.08. The van der Waals surface area contributed by atoms with Crippen LogP contribution in [0.5, 0.6) is 5.75 Å². The molecule has 0 fully saturated rings. The molecular weight excluding hydrogens is 344 g/mol. The predicted molar refractivity (Wildman–Crippen MR) is 105 cm³/mol. The Bertz CT molecular complexity index is 921. The molecule has 0 spiro atoms. The van der Waals surface area contributed by atoms with Gasteiger partial charge in [0.25, 0.3) is 5.91 Å². The number of nitrogens with zero attached hydrogens (tertiary/aromatic N) is 2. The minimum absolute atomic E-state index is 0.0246.